The topological polar surface area (TPSA) is 59.8 Å². The minimum atomic E-state index is -0.185. The molecule has 2 aromatic heterocycles. The molecule has 1 aromatic carbocycles. The first-order valence-electron chi connectivity index (χ1n) is 7.26. The SMILES string of the molecule is O=C(C=Cc1ccccn1)Nc1ccc(Cn2cccn2)cc1. The molecule has 1 N–H and O–H groups in total. The molecule has 0 bridgehead atoms. The van der Waals surface area contributed by atoms with Crippen LogP contribution in [-0.4, -0.2) is 20.7 Å². The molecule has 114 valence electrons. The molecule has 0 spiro atoms. The van der Waals surface area contributed by atoms with Gasteiger partial charge in [-0.1, -0.05) is 18.2 Å². The van der Waals surface area contributed by atoms with Gasteiger partial charge in [0.25, 0.3) is 0 Å². The van der Waals surface area contributed by atoms with Crippen LogP contribution in [0.4, 0.5) is 5.69 Å². The molecule has 0 aliphatic carbocycles. The highest BCUT2D eigenvalue weighted by Gasteiger charge is 2.00. The Balaban J connectivity index is 1.57. The third-order valence-corrected chi connectivity index (χ3v) is 3.22. The third-order valence-electron chi connectivity index (χ3n) is 3.22. The molecule has 5 nitrogen and oxygen atoms in total. The molecule has 3 aromatic rings. The minimum Gasteiger partial charge on any atom is -0.323 e. The summed E-state index contributed by atoms with van der Waals surface area (Å²) >= 11 is 0. The van der Waals surface area contributed by atoms with Gasteiger partial charge in [-0.25, -0.2) is 0 Å². The van der Waals surface area contributed by atoms with Crippen LogP contribution in [0.25, 0.3) is 6.08 Å². The molecular weight excluding hydrogens is 288 g/mol. The van der Waals surface area contributed by atoms with Gasteiger partial charge < -0.3 is 5.32 Å². The minimum absolute atomic E-state index is 0.185. The maximum Gasteiger partial charge on any atom is 0.248 e. The van der Waals surface area contributed by atoms with E-state index in [1.54, 1.807) is 18.5 Å². The summed E-state index contributed by atoms with van der Waals surface area (Å²) in [5.41, 5.74) is 2.62. The molecule has 5 heteroatoms. The fourth-order valence-corrected chi connectivity index (χ4v) is 2.09. The number of pyridine rings is 1. The molecule has 1 amide bonds. The van der Waals surface area contributed by atoms with Crippen LogP contribution in [0.3, 0.4) is 0 Å². The van der Waals surface area contributed by atoms with E-state index in [0.29, 0.717) is 6.54 Å². The number of rotatable bonds is 5. The summed E-state index contributed by atoms with van der Waals surface area (Å²) in [7, 11) is 0. The molecule has 0 unspecified atom stereocenters. The monoisotopic (exact) mass is 304 g/mol. The van der Waals surface area contributed by atoms with Crippen molar-refractivity contribution < 1.29 is 4.79 Å². The van der Waals surface area contributed by atoms with Crippen LogP contribution in [0.15, 0.2) is 73.2 Å². The van der Waals surface area contributed by atoms with Crippen molar-refractivity contribution in [3.8, 4) is 0 Å². The normalized spacial score (nSPS) is 10.8. The molecule has 23 heavy (non-hydrogen) atoms. The second kappa shape index (κ2) is 7.17. The van der Waals surface area contributed by atoms with E-state index >= 15 is 0 Å². The summed E-state index contributed by atoms with van der Waals surface area (Å²) < 4.78 is 1.85. The van der Waals surface area contributed by atoms with Crippen LogP contribution in [0.5, 0.6) is 0 Å². The Bertz CT molecular complexity index is 778. The number of carbonyl (C=O) groups excluding carboxylic acids is 1. The average Bonchev–Trinajstić information content (AvgIpc) is 3.09. The van der Waals surface area contributed by atoms with E-state index in [-0.39, 0.29) is 5.91 Å². The highest BCUT2D eigenvalue weighted by molar-refractivity contribution is 6.01. The third kappa shape index (κ3) is 4.38. The first-order valence-corrected chi connectivity index (χ1v) is 7.26. The zero-order chi connectivity index (χ0) is 15.9. The number of aromatic nitrogens is 3. The zero-order valence-electron chi connectivity index (χ0n) is 12.5. The van der Waals surface area contributed by atoms with E-state index in [1.165, 1.54) is 6.08 Å². The Morgan fingerprint density at radius 2 is 1.96 bits per heavy atom. The molecule has 0 saturated carbocycles. The predicted molar refractivity (Wildman–Crippen MR) is 89.7 cm³/mol. The number of benzene rings is 1. The van der Waals surface area contributed by atoms with Gasteiger partial charge in [0.15, 0.2) is 0 Å². The molecule has 0 saturated heterocycles. The Kier molecular flexibility index (Phi) is 4.59. The van der Waals surface area contributed by atoms with Crippen LogP contribution >= 0.6 is 0 Å². The van der Waals surface area contributed by atoms with Gasteiger partial charge in [0.1, 0.15) is 0 Å². The maximum absolute atomic E-state index is 11.9. The van der Waals surface area contributed by atoms with Crippen LogP contribution in [0, 0.1) is 0 Å². The summed E-state index contributed by atoms with van der Waals surface area (Å²) in [6.07, 6.45) is 8.51. The number of hydrogen-bond acceptors (Lipinski definition) is 3. The molecular formula is C18H16N4O. The van der Waals surface area contributed by atoms with Gasteiger partial charge in [-0.3, -0.25) is 14.5 Å². The molecule has 0 aliphatic rings. The molecule has 2 heterocycles. The summed E-state index contributed by atoms with van der Waals surface area (Å²) in [4.78, 5) is 16.0. The number of carbonyl (C=O) groups is 1. The second-order valence-electron chi connectivity index (χ2n) is 4.98. The lowest BCUT2D eigenvalue weighted by Gasteiger charge is -2.05. The zero-order valence-corrected chi connectivity index (χ0v) is 12.5. The van der Waals surface area contributed by atoms with Gasteiger partial charge in [0.2, 0.25) is 5.91 Å². The van der Waals surface area contributed by atoms with Crippen molar-refractivity contribution in [3.63, 3.8) is 0 Å². The summed E-state index contributed by atoms with van der Waals surface area (Å²) in [6, 6.07) is 15.2. The largest absolute Gasteiger partial charge is 0.323 e. The van der Waals surface area contributed by atoms with Crippen LogP contribution in [-0.2, 0) is 11.3 Å². The quantitative estimate of drug-likeness (QED) is 0.737. The number of nitrogens with zero attached hydrogens (tertiary/aromatic N) is 3. The standard InChI is InChI=1S/C18H16N4O/c23-18(10-9-16-4-1-2-11-19-16)21-17-7-5-15(6-8-17)14-22-13-3-12-20-22/h1-13H,14H2,(H,21,23). The maximum atomic E-state index is 11.9. The van der Waals surface area contributed by atoms with Crippen molar-refractivity contribution in [2.45, 2.75) is 6.54 Å². The first kappa shape index (κ1) is 14.7. The van der Waals surface area contributed by atoms with Gasteiger partial charge in [0, 0.05) is 30.4 Å². The lowest BCUT2D eigenvalue weighted by atomic mass is 10.2. The molecule has 3 rings (SSSR count). The second-order valence-corrected chi connectivity index (χ2v) is 4.98. The van der Waals surface area contributed by atoms with Crippen molar-refractivity contribution in [2.24, 2.45) is 0 Å². The van der Waals surface area contributed by atoms with Crippen LogP contribution in [0.2, 0.25) is 0 Å². The molecule has 0 atom stereocenters. The lowest BCUT2D eigenvalue weighted by molar-refractivity contribution is -0.111. The van der Waals surface area contributed by atoms with Crippen molar-refractivity contribution in [1.29, 1.82) is 0 Å². The Morgan fingerprint density at radius 1 is 1.09 bits per heavy atom. The Hall–Kier alpha value is -3.21. The van der Waals surface area contributed by atoms with E-state index in [1.807, 2.05) is 59.4 Å². The summed E-state index contributed by atoms with van der Waals surface area (Å²) in [5.74, 6) is -0.185. The van der Waals surface area contributed by atoms with Crippen molar-refractivity contribution in [2.75, 3.05) is 5.32 Å². The predicted octanol–water partition coefficient (Wildman–Crippen LogP) is 2.98. The van der Waals surface area contributed by atoms with E-state index in [2.05, 4.69) is 15.4 Å². The van der Waals surface area contributed by atoms with E-state index in [9.17, 15) is 4.79 Å². The average molecular weight is 304 g/mol. The van der Waals surface area contributed by atoms with Crippen LogP contribution in [0.1, 0.15) is 11.3 Å². The number of nitrogens with one attached hydrogen (secondary N) is 1. The Morgan fingerprint density at radius 3 is 2.65 bits per heavy atom. The van der Waals surface area contributed by atoms with E-state index in [0.717, 1.165) is 16.9 Å². The fraction of sp³-hybridized carbons (Fsp3) is 0.0556. The van der Waals surface area contributed by atoms with Gasteiger partial charge in [-0.05, 0) is 42.0 Å². The highest BCUT2D eigenvalue weighted by atomic mass is 16.1. The Labute approximate surface area is 134 Å². The molecule has 0 radical (unpaired) electrons. The summed E-state index contributed by atoms with van der Waals surface area (Å²) in [5, 5.41) is 6.99. The number of anilines is 1. The molecule has 0 fully saturated rings. The van der Waals surface area contributed by atoms with Crippen molar-refractivity contribution in [1.82, 2.24) is 14.8 Å². The smallest absolute Gasteiger partial charge is 0.248 e. The van der Waals surface area contributed by atoms with Gasteiger partial charge in [0.05, 0.1) is 12.2 Å². The molecule has 0 aliphatic heterocycles. The van der Waals surface area contributed by atoms with E-state index < -0.39 is 0 Å². The van der Waals surface area contributed by atoms with Gasteiger partial charge in [-0.2, -0.15) is 5.10 Å². The highest BCUT2D eigenvalue weighted by Crippen LogP contribution is 2.11. The van der Waals surface area contributed by atoms with Crippen LogP contribution < -0.4 is 5.32 Å². The van der Waals surface area contributed by atoms with Gasteiger partial charge >= 0.3 is 0 Å². The number of hydrogen-bond donors (Lipinski definition) is 1. The van der Waals surface area contributed by atoms with Crippen molar-refractivity contribution >= 4 is 17.7 Å². The fourth-order valence-electron chi connectivity index (χ4n) is 2.09. The van der Waals surface area contributed by atoms with E-state index in [4.69, 9.17) is 0 Å². The first-order chi connectivity index (χ1) is 11.3. The number of amides is 1. The van der Waals surface area contributed by atoms with Crippen molar-refractivity contribution in [3.05, 3.63) is 84.5 Å². The lowest BCUT2D eigenvalue weighted by Crippen LogP contribution is -2.08. The van der Waals surface area contributed by atoms with Gasteiger partial charge in [-0.15, -0.1) is 0 Å². The summed E-state index contributed by atoms with van der Waals surface area (Å²) in [6.45, 7) is 0.709.